The van der Waals surface area contributed by atoms with Crippen LogP contribution in [0, 0.1) is 0 Å². The van der Waals surface area contributed by atoms with Crippen molar-refractivity contribution in [1.29, 1.82) is 0 Å². The van der Waals surface area contributed by atoms with E-state index in [0.717, 1.165) is 0 Å². The summed E-state index contributed by atoms with van der Waals surface area (Å²) >= 11 is 0. The molecule has 32 heavy (non-hydrogen) atoms. The molecule has 0 saturated carbocycles. The number of amides is 1. The van der Waals surface area contributed by atoms with Crippen molar-refractivity contribution < 1.29 is 21.6 Å². The Hall–Kier alpha value is -2.27. The summed E-state index contributed by atoms with van der Waals surface area (Å²) < 4.78 is 55.2. The van der Waals surface area contributed by atoms with Gasteiger partial charge in [-0.1, -0.05) is 36.4 Å². The molecule has 2 aromatic carbocycles. The second-order valence-electron chi connectivity index (χ2n) is 8.12. The lowest BCUT2D eigenvalue weighted by atomic mass is 10.0. The van der Waals surface area contributed by atoms with Crippen molar-refractivity contribution in [3.05, 3.63) is 60.7 Å². The molecule has 172 valence electrons. The largest absolute Gasteiger partial charge is 0.341 e. The maximum Gasteiger partial charge on any atom is 0.243 e. The summed E-state index contributed by atoms with van der Waals surface area (Å²) in [5.41, 5.74) is 0. The first kappa shape index (κ1) is 22.9. The summed E-state index contributed by atoms with van der Waals surface area (Å²) in [5, 5.41) is 0. The molecule has 0 aliphatic carbocycles. The fourth-order valence-electron chi connectivity index (χ4n) is 4.32. The number of piperidine rings is 1. The molecule has 2 fully saturated rings. The molecule has 1 unspecified atom stereocenters. The Morgan fingerprint density at radius 2 is 1.34 bits per heavy atom. The predicted molar refractivity (Wildman–Crippen MR) is 120 cm³/mol. The highest BCUT2D eigenvalue weighted by molar-refractivity contribution is 7.89. The maximum absolute atomic E-state index is 13.2. The van der Waals surface area contributed by atoms with Crippen LogP contribution >= 0.6 is 0 Å². The lowest BCUT2D eigenvalue weighted by Crippen LogP contribution is -2.52. The highest BCUT2D eigenvalue weighted by atomic mass is 32.2. The van der Waals surface area contributed by atoms with E-state index in [4.69, 9.17) is 0 Å². The normalized spacial score (nSPS) is 21.0. The molecule has 0 radical (unpaired) electrons. The number of nitrogens with one attached hydrogen (secondary N) is 1. The van der Waals surface area contributed by atoms with Crippen LogP contribution in [0.2, 0.25) is 0 Å². The summed E-state index contributed by atoms with van der Waals surface area (Å²) in [6.45, 7) is 1.09. The molecule has 1 amide bonds. The van der Waals surface area contributed by atoms with Gasteiger partial charge < -0.3 is 4.90 Å². The molecule has 2 aliphatic rings. The average Bonchev–Trinajstić information content (AvgIpc) is 3.31. The van der Waals surface area contributed by atoms with E-state index >= 15 is 0 Å². The first-order valence-electron chi connectivity index (χ1n) is 10.7. The van der Waals surface area contributed by atoms with E-state index in [2.05, 4.69) is 4.72 Å². The topological polar surface area (TPSA) is 104 Å². The van der Waals surface area contributed by atoms with Crippen molar-refractivity contribution in [3.63, 3.8) is 0 Å². The molecule has 0 spiro atoms. The van der Waals surface area contributed by atoms with Gasteiger partial charge in [0.05, 0.1) is 9.79 Å². The lowest BCUT2D eigenvalue weighted by Gasteiger charge is -2.35. The third-order valence-corrected chi connectivity index (χ3v) is 9.48. The molecule has 2 aliphatic heterocycles. The van der Waals surface area contributed by atoms with Gasteiger partial charge in [-0.05, 0) is 49.9 Å². The first-order valence-corrected chi connectivity index (χ1v) is 13.6. The minimum atomic E-state index is -3.74. The number of benzene rings is 2. The second kappa shape index (κ2) is 9.30. The van der Waals surface area contributed by atoms with Gasteiger partial charge in [-0.15, -0.1) is 0 Å². The molecule has 10 heteroatoms. The number of rotatable bonds is 6. The van der Waals surface area contributed by atoms with Gasteiger partial charge in [-0.3, -0.25) is 4.79 Å². The van der Waals surface area contributed by atoms with Crippen LogP contribution in [-0.2, 0) is 24.8 Å². The van der Waals surface area contributed by atoms with Gasteiger partial charge in [-0.25, -0.2) is 21.6 Å². The highest BCUT2D eigenvalue weighted by Crippen LogP contribution is 2.28. The van der Waals surface area contributed by atoms with Gasteiger partial charge in [0.2, 0.25) is 26.0 Å². The van der Waals surface area contributed by atoms with E-state index in [9.17, 15) is 21.6 Å². The summed E-state index contributed by atoms with van der Waals surface area (Å²) in [5.74, 6) is -0.202. The fourth-order valence-corrected chi connectivity index (χ4v) is 7.32. The number of likely N-dealkylation sites (tertiary alicyclic amines) is 1. The van der Waals surface area contributed by atoms with Crippen LogP contribution in [0.15, 0.2) is 70.5 Å². The van der Waals surface area contributed by atoms with E-state index in [0.29, 0.717) is 45.3 Å². The summed E-state index contributed by atoms with van der Waals surface area (Å²) in [4.78, 5) is 15.2. The van der Waals surface area contributed by atoms with Crippen molar-refractivity contribution >= 4 is 26.0 Å². The summed E-state index contributed by atoms with van der Waals surface area (Å²) in [7, 11) is -7.36. The maximum atomic E-state index is 13.2. The molecule has 0 aromatic heterocycles. The zero-order valence-corrected chi connectivity index (χ0v) is 19.3. The Bertz CT molecular complexity index is 1150. The Balaban J connectivity index is 1.39. The van der Waals surface area contributed by atoms with Crippen molar-refractivity contribution in [2.75, 3.05) is 19.6 Å². The number of sulfonamides is 2. The predicted octanol–water partition coefficient (Wildman–Crippen LogP) is 1.81. The molecule has 4 rings (SSSR count). The molecule has 1 atom stereocenters. The average molecular weight is 478 g/mol. The first-order chi connectivity index (χ1) is 15.3. The van der Waals surface area contributed by atoms with Crippen LogP contribution in [0.5, 0.6) is 0 Å². The molecule has 2 saturated heterocycles. The van der Waals surface area contributed by atoms with Crippen LogP contribution < -0.4 is 4.72 Å². The van der Waals surface area contributed by atoms with Gasteiger partial charge >= 0.3 is 0 Å². The van der Waals surface area contributed by atoms with Gasteiger partial charge in [0.1, 0.15) is 6.04 Å². The van der Waals surface area contributed by atoms with Gasteiger partial charge in [-0.2, -0.15) is 4.31 Å². The SMILES string of the molecule is O=C(C1CCCN1S(=O)(=O)c1ccccc1)N1CCC(NS(=O)(=O)c2ccccc2)CC1. The van der Waals surface area contributed by atoms with E-state index in [1.807, 2.05) is 0 Å². The van der Waals surface area contributed by atoms with Gasteiger partial charge in [0, 0.05) is 25.7 Å². The van der Waals surface area contributed by atoms with E-state index in [1.54, 1.807) is 65.6 Å². The minimum Gasteiger partial charge on any atom is -0.341 e. The molecular weight excluding hydrogens is 450 g/mol. The number of carbonyl (C=O) groups is 1. The van der Waals surface area contributed by atoms with E-state index < -0.39 is 26.1 Å². The van der Waals surface area contributed by atoms with Crippen LogP contribution in [-0.4, -0.2) is 63.7 Å². The van der Waals surface area contributed by atoms with Crippen molar-refractivity contribution in [2.24, 2.45) is 0 Å². The van der Waals surface area contributed by atoms with Crippen LogP contribution in [0.4, 0.5) is 0 Å². The zero-order chi connectivity index (χ0) is 22.8. The Morgan fingerprint density at radius 3 is 1.94 bits per heavy atom. The smallest absolute Gasteiger partial charge is 0.243 e. The van der Waals surface area contributed by atoms with Crippen molar-refractivity contribution in [3.8, 4) is 0 Å². The molecule has 8 nitrogen and oxygen atoms in total. The number of hydrogen-bond acceptors (Lipinski definition) is 5. The van der Waals surface area contributed by atoms with E-state index in [1.165, 1.54) is 4.31 Å². The van der Waals surface area contributed by atoms with Gasteiger partial charge in [0.25, 0.3) is 0 Å². The minimum absolute atomic E-state index is 0.189. The van der Waals surface area contributed by atoms with Crippen LogP contribution in [0.25, 0.3) is 0 Å². The molecular formula is C22H27N3O5S2. The molecule has 2 heterocycles. The summed E-state index contributed by atoms with van der Waals surface area (Å²) in [6, 6.07) is 15.4. The monoisotopic (exact) mass is 477 g/mol. The number of nitrogens with zero attached hydrogens (tertiary/aromatic N) is 2. The Morgan fingerprint density at radius 1 is 0.781 bits per heavy atom. The molecule has 2 aromatic rings. The number of hydrogen-bond donors (Lipinski definition) is 1. The molecule has 0 bridgehead atoms. The fraction of sp³-hybridized carbons (Fsp3) is 0.409. The molecule has 1 N–H and O–H groups in total. The van der Waals surface area contributed by atoms with Crippen molar-refractivity contribution in [1.82, 2.24) is 13.9 Å². The lowest BCUT2D eigenvalue weighted by molar-refractivity contribution is -0.135. The third kappa shape index (κ3) is 4.73. The summed E-state index contributed by atoms with van der Waals surface area (Å²) in [6.07, 6.45) is 2.09. The van der Waals surface area contributed by atoms with E-state index in [-0.39, 0.29) is 21.7 Å². The van der Waals surface area contributed by atoms with Crippen molar-refractivity contribution in [2.45, 2.75) is 47.6 Å². The quantitative estimate of drug-likeness (QED) is 0.683. The Kier molecular flexibility index (Phi) is 6.66. The standard InChI is InChI=1S/C22H27N3O5S2/c26-22(21-12-7-15-25(21)32(29,30)20-10-5-2-6-11-20)24-16-13-18(14-17-24)23-31(27,28)19-8-3-1-4-9-19/h1-6,8-11,18,21,23H,7,12-17H2. The zero-order valence-electron chi connectivity index (χ0n) is 17.6. The van der Waals surface area contributed by atoms with Crippen LogP contribution in [0.3, 0.4) is 0 Å². The second-order valence-corrected chi connectivity index (χ2v) is 11.7. The number of carbonyl (C=O) groups excluding carboxylic acids is 1. The third-order valence-electron chi connectivity index (χ3n) is 6.02. The Labute approximate surface area is 189 Å². The van der Waals surface area contributed by atoms with Gasteiger partial charge in [0.15, 0.2) is 0 Å². The highest BCUT2D eigenvalue weighted by Gasteiger charge is 2.41. The van der Waals surface area contributed by atoms with Crippen LogP contribution in [0.1, 0.15) is 25.7 Å².